The maximum atomic E-state index is 12.6. The fourth-order valence-corrected chi connectivity index (χ4v) is 4.46. The lowest BCUT2D eigenvalue weighted by atomic mass is 9.88. The van der Waals surface area contributed by atoms with Crippen LogP contribution >= 0.6 is 0 Å². The molecule has 2 unspecified atom stereocenters. The van der Waals surface area contributed by atoms with Gasteiger partial charge >= 0.3 is 0 Å². The van der Waals surface area contributed by atoms with Crippen LogP contribution < -0.4 is 10.1 Å². The average Bonchev–Trinajstić information content (AvgIpc) is 3.13. The number of nitrogens with one attached hydrogen (secondary N) is 1. The van der Waals surface area contributed by atoms with E-state index in [1.807, 2.05) is 50.2 Å². The summed E-state index contributed by atoms with van der Waals surface area (Å²) in [5.41, 5.74) is 3.54. The Kier molecular flexibility index (Phi) is 5.65. The van der Waals surface area contributed by atoms with Crippen molar-refractivity contribution < 1.29 is 19.1 Å². The first kappa shape index (κ1) is 20.6. The third-order valence-corrected chi connectivity index (χ3v) is 5.99. The smallest absolute Gasteiger partial charge is 0.223 e. The van der Waals surface area contributed by atoms with Gasteiger partial charge in [-0.3, -0.25) is 9.59 Å². The number of hydrogen-bond acceptors (Lipinski definition) is 4. The summed E-state index contributed by atoms with van der Waals surface area (Å²) < 4.78 is 11.8. The maximum absolute atomic E-state index is 12.6. The highest BCUT2D eigenvalue weighted by Crippen LogP contribution is 2.34. The zero-order valence-corrected chi connectivity index (χ0v) is 17.9. The molecule has 0 aromatic heterocycles. The molecular weight excluding hydrogens is 378 g/mol. The molecule has 2 heterocycles. The van der Waals surface area contributed by atoms with E-state index in [4.69, 9.17) is 9.47 Å². The topological polar surface area (TPSA) is 64.6 Å². The van der Waals surface area contributed by atoms with Crippen LogP contribution in [0.15, 0.2) is 42.5 Å². The first-order valence-electron chi connectivity index (χ1n) is 10.6. The molecule has 0 radical (unpaired) electrons. The molecule has 0 spiro atoms. The predicted molar refractivity (Wildman–Crippen MR) is 116 cm³/mol. The Hall–Kier alpha value is -2.66. The Morgan fingerprint density at radius 3 is 2.73 bits per heavy atom. The van der Waals surface area contributed by atoms with Gasteiger partial charge in [0.05, 0.1) is 12.1 Å². The van der Waals surface area contributed by atoms with Crippen molar-refractivity contribution in [2.24, 2.45) is 5.92 Å². The van der Waals surface area contributed by atoms with Crippen molar-refractivity contribution in [2.75, 3.05) is 13.2 Å². The number of amides is 1. The van der Waals surface area contributed by atoms with Crippen molar-refractivity contribution in [1.82, 2.24) is 5.32 Å². The van der Waals surface area contributed by atoms with Crippen LogP contribution in [0.4, 0.5) is 0 Å². The molecule has 0 bridgehead atoms. The lowest BCUT2D eigenvalue weighted by Gasteiger charge is -2.34. The molecule has 0 aliphatic carbocycles. The second kappa shape index (κ2) is 8.23. The zero-order chi connectivity index (χ0) is 21.3. The van der Waals surface area contributed by atoms with E-state index in [9.17, 15) is 9.59 Å². The number of carbonyl (C=O) groups is 2. The number of rotatable bonds is 5. The Balaban J connectivity index is 1.40. The number of carbonyl (C=O) groups excluding carboxylic acids is 2. The lowest BCUT2D eigenvalue weighted by molar-refractivity contribution is -0.135. The van der Waals surface area contributed by atoms with Crippen LogP contribution in [0, 0.1) is 5.92 Å². The normalized spacial score (nSPS) is 22.1. The van der Waals surface area contributed by atoms with E-state index in [0.717, 1.165) is 47.3 Å². The molecule has 2 aromatic rings. The highest BCUT2D eigenvalue weighted by atomic mass is 16.5. The number of fused-ring (bicyclic) bond motifs is 1. The minimum absolute atomic E-state index is 0.00721. The first-order chi connectivity index (χ1) is 14.3. The second-order valence-corrected chi connectivity index (χ2v) is 8.91. The van der Waals surface area contributed by atoms with Gasteiger partial charge in [-0.2, -0.15) is 0 Å². The first-order valence-corrected chi connectivity index (χ1v) is 10.6. The maximum Gasteiger partial charge on any atom is 0.223 e. The molecule has 2 aliphatic heterocycles. The monoisotopic (exact) mass is 407 g/mol. The second-order valence-electron chi connectivity index (χ2n) is 8.91. The Labute approximate surface area is 177 Å². The molecule has 158 valence electrons. The molecule has 1 N–H and O–H groups in total. The van der Waals surface area contributed by atoms with Crippen LogP contribution in [0.3, 0.4) is 0 Å². The van der Waals surface area contributed by atoms with Gasteiger partial charge in [-0.15, -0.1) is 0 Å². The van der Waals surface area contributed by atoms with Gasteiger partial charge in [0.15, 0.2) is 5.78 Å². The number of benzene rings is 2. The predicted octanol–water partition coefficient (Wildman–Crippen LogP) is 4.18. The van der Waals surface area contributed by atoms with Crippen molar-refractivity contribution in [3.05, 3.63) is 53.6 Å². The third kappa shape index (κ3) is 4.41. The summed E-state index contributed by atoms with van der Waals surface area (Å²) in [6, 6.07) is 13.7. The minimum atomic E-state index is -0.243. The van der Waals surface area contributed by atoms with E-state index in [1.165, 1.54) is 0 Å². The Morgan fingerprint density at radius 2 is 1.97 bits per heavy atom. The summed E-state index contributed by atoms with van der Waals surface area (Å²) in [5.74, 6) is 0.985. The molecule has 1 fully saturated rings. The highest BCUT2D eigenvalue weighted by molar-refractivity contribution is 6.00. The molecule has 2 aliphatic rings. The fraction of sp³-hybridized carbons (Fsp3) is 0.440. The third-order valence-electron chi connectivity index (χ3n) is 5.99. The van der Waals surface area contributed by atoms with E-state index in [-0.39, 0.29) is 29.3 Å². The highest BCUT2D eigenvalue weighted by Gasteiger charge is 2.33. The van der Waals surface area contributed by atoms with Gasteiger partial charge < -0.3 is 14.8 Å². The van der Waals surface area contributed by atoms with Gasteiger partial charge in [0.2, 0.25) is 5.91 Å². The van der Waals surface area contributed by atoms with E-state index < -0.39 is 0 Å². The Morgan fingerprint density at radius 1 is 1.17 bits per heavy atom. The minimum Gasteiger partial charge on any atom is -0.488 e. The largest absolute Gasteiger partial charge is 0.488 e. The number of ether oxygens (including phenoxy) is 2. The standard InChI is InChI=1S/C25H29NO4/c1-16(27)21-6-4-5-7-22(21)17-8-9-23-19(12-17)13-20(30-23)15-26-24(28)18-10-11-29-25(2,3)14-18/h4-9,12,18,20H,10-11,13-15H2,1-3H3,(H,26,28). The molecule has 1 amide bonds. The average molecular weight is 408 g/mol. The lowest BCUT2D eigenvalue weighted by Crippen LogP contribution is -2.43. The number of hydrogen-bond donors (Lipinski definition) is 1. The molecule has 2 aromatic carbocycles. The van der Waals surface area contributed by atoms with Crippen LogP contribution in [0.5, 0.6) is 5.75 Å². The number of ketones is 1. The van der Waals surface area contributed by atoms with Gasteiger partial charge in [0.1, 0.15) is 11.9 Å². The molecule has 4 rings (SSSR count). The van der Waals surface area contributed by atoms with Gasteiger partial charge in [-0.05, 0) is 62.4 Å². The molecule has 5 heteroatoms. The SMILES string of the molecule is CC(=O)c1ccccc1-c1ccc2c(c1)CC(CNC(=O)C1CCOC(C)(C)C1)O2. The van der Waals surface area contributed by atoms with Crippen LogP contribution in [0.25, 0.3) is 11.1 Å². The summed E-state index contributed by atoms with van der Waals surface area (Å²) in [5, 5.41) is 3.07. The quantitative estimate of drug-likeness (QED) is 0.755. The van der Waals surface area contributed by atoms with Crippen LogP contribution in [0.2, 0.25) is 0 Å². The van der Waals surface area contributed by atoms with Gasteiger partial charge in [-0.25, -0.2) is 0 Å². The number of Topliss-reactive ketones (excluding diaryl/α,β-unsaturated/α-hetero) is 1. The van der Waals surface area contributed by atoms with E-state index in [1.54, 1.807) is 6.92 Å². The van der Waals surface area contributed by atoms with Crippen molar-refractivity contribution >= 4 is 11.7 Å². The van der Waals surface area contributed by atoms with Gasteiger partial charge in [0.25, 0.3) is 0 Å². The summed E-state index contributed by atoms with van der Waals surface area (Å²) >= 11 is 0. The molecule has 0 saturated carbocycles. The fourth-order valence-electron chi connectivity index (χ4n) is 4.46. The molecule has 2 atom stereocenters. The summed E-state index contributed by atoms with van der Waals surface area (Å²) in [4.78, 5) is 24.6. The molecule has 30 heavy (non-hydrogen) atoms. The zero-order valence-electron chi connectivity index (χ0n) is 17.9. The van der Waals surface area contributed by atoms with E-state index in [2.05, 4.69) is 11.4 Å². The van der Waals surface area contributed by atoms with Crippen molar-refractivity contribution in [1.29, 1.82) is 0 Å². The molecular formula is C25H29NO4. The summed E-state index contributed by atoms with van der Waals surface area (Å²) in [6.45, 7) is 6.77. The Bertz CT molecular complexity index is 965. The van der Waals surface area contributed by atoms with E-state index in [0.29, 0.717) is 13.2 Å². The van der Waals surface area contributed by atoms with E-state index >= 15 is 0 Å². The molecule has 1 saturated heterocycles. The van der Waals surface area contributed by atoms with Crippen LogP contribution in [0.1, 0.15) is 49.5 Å². The van der Waals surface area contributed by atoms with Crippen LogP contribution in [-0.4, -0.2) is 36.5 Å². The van der Waals surface area contributed by atoms with Crippen LogP contribution in [-0.2, 0) is 16.0 Å². The van der Waals surface area contributed by atoms with Crippen molar-refractivity contribution in [3.8, 4) is 16.9 Å². The summed E-state index contributed by atoms with van der Waals surface area (Å²) in [6.07, 6.45) is 2.17. The van der Waals surface area contributed by atoms with Crippen molar-refractivity contribution in [2.45, 2.75) is 51.7 Å². The van der Waals surface area contributed by atoms with Gasteiger partial charge in [-0.1, -0.05) is 30.3 Å². The van der Waals surface area contributed by atoms with Crippen molar-refractivity contribution in [3.63, 3.8) is 0 Å². The molecule has 5 nitrogen and oxygen atoms in total. The van der Waals surface area contributed by atoms with Gasteiger partial charge in [0, 0.05) is 24.5 Å². The summed E-state index contributed by atoms with van der Waals surface area (Å²) in [7, 11) is 0.